The van der Waals surface area contributed by atoms with Crippen LogP contribution in [0.25, 0.3) is 0 Å². The molecule has 20 heavy (non-hydrogen) atoms. The molecule has 1 fully saturated rings. The molecule has 1 saturated heterocycles. The van der Waals surface area contributed by atoms with Crippen molar-refractivity contribution in [2.75, 3.05) is 37.5 Å². The van der Waals surface area contributed by atoms with Crippen LogP contribution in [0.15, 0.2) is 5.03 Å². The maximum absolute atomic E-state index is 9.49. The smallest absolute Gasteiger partial charge is 0.278 e. The Morgan fingerprint density at radius 2 is 1.90 bits per heavy atom. The van der Waals surface area contributed by atoms with Gasteiger partial charge in [-0.3, -0.25) is 4.90 Å². The van der Waals surface area contributed by atoms with Gasteiger partial charge in [0.15, 0.2) is 5.03 Å². The summed E-state index contributed by atoms with van der Waals surface area (Å²) < 4.78 is 5.45. The van der Waals surface area contributed by atoms with Crippen LogP contribution in [0.5, 0.6) is 0 Å². The van der Waals surface area contributed by atoms with Gasteiger partial charge in [0.05, 0.1) is 13.2 Å². The van der Waals surface area contributed by atoms with Gasteiger partial charge in [0, 0.05) is 5.56 Å². The summed E-state index contributed by atoms with van der Waals surface area (Å²) in [7, 11) is 0. The Morgan fingerprint density at radius 1 is 1.20 bits per heavy atom. The fourth-order valence-corrected chi connectivity index (χ4v) is 3.72. The molecule has 0 bridgehead atoms. The first-order valence-electron chi connectivity index (χ1n) is 7.23. The number of H-pyrrole nitrogens is 1. The Bertz CT molecular complexity index is 547. The van der Waals surface area contributed by atoms with Crippen LogP contribution in [0.1, 0.15) is 29.5 Å². The molecular weight excluding hydrogens is 270 g/mol. The van der Waals surface area contributed by atoms with Gasteiger partial charge in [0.2, 0.25) is 0 Å². The second kappa shape index (κ2) is 6.02. The number of rotatable bonds is 2. The van der Waals surface area contributed by atoms with E-state index < -0.39 is 0 Å². The molecule has 2 aliphatic rings. The summed E-state index contributed by atoms with van der Waals surface area (Å²) in [6.07, 6.45) is 6.58. The highest BCUT2D eigenvalue weighted by atomic mass is 32.2. The molecule has 0 amide bonds. The molecule has 0 atom stereocenters. The summed E-state index contributed by atoms with van der Waals surface area (Å²) in [6, 6.07) is 2.41. The number of nitriles is 1. The Balaban J connectivity index is 2.11. The minimum Gasteiger partial charge on any atom is -0.373 e. The van der Waals surface area contributed by atoms with Crippen molar-refractivity contribution in [1.82, 2.24) is 0 Å². The van der Waals surface area contributed by atoms with Gasteiger partial charge in [0.1, 0.15) is 24.7 Å². The number of pyridine rings is 1. The van der Waals surface area contributed by atoms with Crippen LogP contribution in [-0.4, -0.2) is 32.6 Å². The number of anilines is 1. The first-order chi connectivity index (χ1) is 9.85. The molecule has 0 radical (unpaired) electrons. The molecule has 106 valence electrons. The Hall–Kier alpha value is -1.25. The van der Waals surface area contributed by atoms with Gasteiger partial charge in [0.25, 0.3) is 5.82 Å². The van der Waals surface area contributed by atoms with E-state index in [9.17, 15) is 5.26 Å². The number of morpholine rings is 1. The molecule has 3 rings (SSSR count). The van der Waals surface area contributed by atoms with Gasteiger partial charge in [-0.15, -0.1) is 0 Å². The Labute approximate surface area is 124 Å². The minimum absolute atomic E-state index is 0.789. The summed E-state index contributed by atoms with van der Waals surface area (Å²) in [5.74, 6) is 1.23. The molecule has 0 unspecified atom stereocenters. The average Bonchev–Trinajstić information content (AvgIpc) is 2.54. The second-order valence-corrected chi connectivity index (χ2v) is 6.07. The number of hydrogen-bond acceptors (Lipinski definition) is 4. The Morgan fingerprint density at radius 3 is 2.55 bits per heavy atom. The fourth-order valence-electron chi connectivity index (χ4n) is 3.15. The summed E-state index contributed by atoms with van der Waals surface area (Å²) in [5.41, 5.74) is 3.51. The normalized spacial score (nSPS) is 18.5. The molecule has 1 aromatic heterocycles. The predicted molar refractivity (Wildman–Crippen MR) is 79.2 cm³/mol. The first-order valence-corrected chi connectivity index (χ1v) is 8.45. The number of fused-ring (bicyclic) bond motifs is 1. The van der Waals surface area contributed by atoms with E-state index in [0.717, 1.165) is 49.7 Å². The monoisotopic (exact) mass is 290 g/mol. The lowest BCUT2D eigenvalue weighted by Crippen LogP contribution is -2.41. The zero-order valence-electron chi connectivity index (χ0n) is 11.9. The number of hydrogen-bond donors (Lipinski definition) is 0. The van der Waals surface area contributed by atoms with Crippen molar-refractivity contribution in [3.05, 3.63) is 16.7 Å². The highest BCUT2D eigenvalue weighted by Gasteiger charge is 2.30. The van der Waals surface area contributed by atoms with E-state index in [1.54, 1.807) is 11.8 Å². The molecule has 5 heteroatoms. The lowest BCUT2D eigenvalue weighted by atomic mass is 9.89. The third-order valence-electron chi connectivity index (χ3n) is 4.16. The Kier molecular flexibility index (Phi) is 4.13. The van der Waals surface area contributed by atoms with Crippen LogP contribution in [0, 0.1) is 11.3 Å². The molecular formula is C15H20N3OS+. The van der Waals surface area contributed by atoms with Gasteiger partial charge in [-0.25, -0.2) is 4.98 Å². The summed E-state index contributed by atoms with van der Waals surface area (Å²) in [6.45, 7) is 3.44. The van der Waals surface area contributed by atoms with Gasteiger partial charge >= 0.3 is 0 Å². The zero-order valence-corrected chi connectivity index (χ0v) is 12.7. The molecule has 4 nitrogen and oxygen atoms in total. The van der Waals surface area contributed by atoms with Crippen LogP contribution in [0.4, 0.5) is 5.82 Å². The van der Waals surface area contributed by atoms with Crippen LogP contribution in [0.3, 0.4) is 0 Å². The van der Waals surface area contributed by atoms with Crippen LogP contribution in [0.2, 0.25) is 0 Å². The van der Waals surface area contributed by atoms with Crippen molar-refractivity contribution in [2.24, 2.45) is 0 Å². The van der Waals surface area contributed by atoms with Crippen molar-refractivity contribution >= 4 is 17.6 Å². The van der Waals surface area contributed by atoms with Gasteiger partial charge in [-0.05, 0) is 37.5 Å². The van der Waals surface area contributed by atoms with Crippen molar-refractivity contribution in [2.45, 2.75) is 30.7 Å². The number of nitrogens with zero attached hydrogens (tertiary/aromatic N) is 2. The summed E-state index contributed by atoms with van der Waals surface area (Å²) in [4.78, 5) is 5.91. The molecule has 0 saturated carbocycles. The number of nitrogens with one attached hydrogen (secondary N) is 1. The molecule has 2 heterocycles. The van der Waals surface area contributed by atoms with Gasteiger partial charge < -0.3 is 4.74 Å². The number of thioether (sulfide) groups is 1. The molecule has 1 N–H and O–H groups in total. The standard InChI is InChI=1S/C15H19N3OS/c1-20-15-13(10-16)11-4-2-3-5-12(11)14(17-15)18-6-8-19-9-7-18/h2-9H2,1H3/p+1. The highest BCUT2D eigenvalue weighted by Crippen LogP contribution is 2.33. The minimum atomic E-state index is 0.789. The van der Waals surface area contributed by atoms with E-state index in [2.05, 4.69) is 16.0 Å². The largest absolute Gasteiger partial charge is 0.373 e. The maximum Gasteiger partial charge on any atom is 0.278 e. The quantitative estimate of drug-likeness (QED) is 0.780. The number of ether oxygens (including phenoxy) is 1. The average molecular weight is 290 g/mol. The fraction of sp³-hybridized carbons (Fsp3) is 0.600. The van der Waals surface area contributed by atoms with Crippen molar-refractivity contribution in [1.29, 1.82) is 5.26 Å². The maximum atomic E-state index is 9.49. The molecule has 0 aromatic carbocycles. The molecule has 0 spiro atoms. The van der Waals surface area contributed by atoms with Crippen LogP contribution in [-0.2, 0) is 17.6 Å². The first kappa shape index (κ1) is 13.7. The van der Waals surface area contributed by atoms with E-state index in [1.165, 1.54) is 29.8 Å². The lowest BCUT2D eigenvalue weighted by molar-refractivity contribution is -0.414. The molecule has 1 aliphatic heterocycles. The third kappa shape index (κ3) is 2.38. The topological polar surface area (TPSA) is 50.4 Å². The third-order valence-corrected chi connectivity index (χ3v) is 4.87. The van der Waals surface area contributed by atoms with Crippen LogP contribution >= 0.6 is 11.8 Å². The van der Waals surface area contributed by atoms with E-state index >= 15 is 0 Å². The van der Waals surface area contributed by atoms with E-state index in [-0.39, 0.29) is 0 Å². The van der Waals surface area contributed by atoms with Gasteiger partial charge in [-0.1, -0.05) is 11.8 Å². The second-order valence-electron chi connectivity index (χ2n) is 5.26. The number of aromatic amines is 1. The van der Waals surface area contributed by atoms with Crippen molar-refractivity contribution < 1.29 is 9.72 Å². The van der Waals surface area contributed by atoms with Crippen molar-refractivity contribution in [3.8, 4) is 6.07 Å². The molecule has 1 aromatic rings. The SMILES string of the molecule is CSc1[nH+]c(N2CCOCC2)c2c(c1C#N)CCCC2. The summed E-state index contributed by atoms with van der Waals surface area (Å²) in [5, 5.41) is 10.5. The van der Waals surface area contributed by atoms with E-state index in [1.807, 2.05) is 6.26 Å². The van der Waals surface area contributed by atoms with Crippen molar-refractivity contribution in [3.63, 3.8) is 0 Å². The lowest BCUT2D eigenvalue weighted by Gasteiger charge is -2.26. The van der Waals surface area contributed by atoms with Crippen LogP contribution < -0.4 is 9.88 Å². The zero-order chi connectivity index (χ0) is 13.9. The number of aromatic nitrogens is 1. The van der Waals surface area contributed by atoms with E-state index in [0.29, 0.717) is 0 Å². The predicted octanol–water partition coefficient (Wildman–Crippen LogP) is 1.81. The van der Waals surface area contributed by atoms with E-state index in [4.69, 9.17) is 4.74 Å². The molecule has 1 aliphatic carbocycles. The summed E-state index contributed by atoms with van der Waals surface area (Å²) >= 11 is 1.64. The highest BCUT2D eigenvalue weighted by molar-refractivity contribution is 7.98. The van der Waals surface area contributed by atoms with Gasteiger partial charge in [-0.2, -0.15) is 5.26 Å².